The van der Waals surface area contributed by atoms with Crippen LogP contribution in [0.5, 0.6) is 0 Å². The summed E-state index contributed by atoms with van der Waals surface area (Å²) in [6.45, 7) is 1.87. The minimum absolute atomic E-state index is 0.0308. The molecule has 1 aliphatic heterocycles. The molecule has 0 aromatic carbocycles. The fraction of sp³-hybridized carbons (Fsp3) is 0.857. The lowest BCUT2D eigenvalue weighted by Gasteiger charge is -2.42. The van der Waals surface area contributed by atoms with Gasteiger partial charge in [0.1, 0.15) is 12.1 Å². The zero-order valence-electron chi connectivity index (χ0n) is 11.6. The van der Waals surface area contributed by atoms with Crippen LogP contribution in [0.15, 0.2) is 0 Å². The van der Waals surface area contributed by atoms with Gasteiger partial charge in [0, 0.05) is 11.3 Å². The Kier molecular flexibility index (Phi) is 3.50. The summed E-state index contributed by atoms with van der Waals surface area (Å²) in [5.41, 5.74) is 0. The second kappa shape index (κ2) is 5.00. The summed E-state index contributed by atoms with van der Waals surface area (Å²) in [7, 11) is 0. The summed E-state index contributed by atoms with van der Waals surface area (Å²) in [6.07, 6.45) is 7.65. The van der Waals surface area contributed by atoms with Crippen molar-refractivity contribution in [2.45, 2.75) is 62.4 Å². The van der Waals surface area contributed by atoms with E-state index in [1.165, 1.54) is 6.42 Å². The maximum Gasteiger partial charge on any atom is 0.246 e. The van der Waals surface area contributed by atoms with Crippen molar-refractivity contribution in [3.63, 3.8) is 0 Å². The fourth-order valence-electron chi connectivity index (χ4n) is 3.51. The Labute approximate surface area is 118 Å². The van der Waals surface area contributed by atoms with Crippen LogP contribution in [0.2, 0.25) is 0 Å². The van der Waals surface area contributed by atoms with Crippen LogP contribution in [0.4, 0.5) is 0 Å². The third-order valence-corrected chi connectivity index (χ3v) is 5.94. The highest BCUT2D eigenvalue weighted by molar-refractivity contribution is 7.99. The van der Waals surface area contributed by atoms with E-state index in [4.69, 9.17) is 0 Å². The molecule has 106 valence electrons. The van der Waals surface area contributed by atoms with Gasteiger partial charge < -0.3 is 10.2 Å². The van der Waals surface area contributed by atoms with Gasteiger partial charge >= 0.3 is 0 Å². The van der Waals surface area contributed by atoms with Crippen molar-refractivity contribution in [1.82, 2.24) is 10.2 Å². The number of piperazine rings is 1. The third-order valence-electron chi connectivity index (χ3n) is 4.79. The van der Waals surface area contributed by atoms with E-state index in [1.807, 2.05) is 23.6 Å². The van der Waals surface area contributed by atoms with E-state index in [2.05, 4.69) is 11.6 Å². The van der Waals surface area contributed by atoms with Crippen molar-refractivity contribution >= 4 is 23.6 Å². The van der Waals surface area contributed by atoms with Crippen molar-refractivity contribution in [3.8, 4) is 0 Å². The molecular formula is C14H22N2O2S. The summed E-state index contributed by atoms with van der Waals surface area (Å²) in [4.78, 5) is 26.8. The van der Waals surface area contributed by atoms with Crippen molar-refractivity contribution in [3.05, 3.63) is 0 Å². The largest absolute Gasteiger partial charge is 0.342 e. The van der Waals surface area contributed by atoms with Crippen molar-refractivity contribution in [2.75, 3.05) is 6.26 Å². The van der Waals surface area contributed by atoms with Crippen LogP contribution in [0, 0.1) is 5.92 Å². The van der Waals surface area contributed by atoms with E-state index in [1.54, 1.807) is 0 Å². The lowest BCUT2D eigenvalue weighted by Crippen LogP contribution is -2.66. The van der Waals surface area contributed by atoms with Crippen LogP contribution in [-0.4, -0.2) is 46.3 Å². The van der Waals surface area contributed by atoms with Gasteiger partial charge in [-0.1, -0.05) is 6.42 Å². The van der Waals surface area contributed by atoms with E-state index < -0.39 is 0 Å². The monoisotopic (exact) mass is 282 g/mol. The Bertz CT molecular complexity index is 397. The van der Waals surface area contributed by atoms with Crippen LogP contribution in [0.1, 0.15) is 39.0 Å². The first-order valence-electron chi connectivity index (χ1n) is 7.29. The quantitative estimate of drug-likeness (QED) is 0.851. The summed E-state index contributed by atoms with van der Waals surface area (Å²) >= 11 is 1.84. The number of nitrogens with zero attached hydrogens (tertiary/aromatic N) is 1. The third kappa shape index (κ3) is 2.26. The van der Waals surface area contributed by atoms with Crippen LogP contribution in [-0.2, 0) is 9.59 Å². The molecule has 1 N–H and O–H groups in total. The highest BCUT2D eigenvalue weighted by Crippen LogP contribution is 2.38. The number of hydrogen-bond acceptors (Lipinski definition) is 3. The number of carbonyl (C=O) groups excluding carboxylic acids is 2. The number of nitrogens with one attached hydrogen (secondary N) is 1. The molecule has 0 spiro atoms. The summed E-state index contributed by atoms with van der Waals surface area (Å²) in [5, 5.41) is 3.42. The van der Waals surface area contributed by atoms with Crippen molar-refractivity contribution < 1.29 is 9.59 Å². The Balaban J connectivity index is 1.83. The normalized spacial score (nSPS) is 39.6. The SMILES string of the molecule is CSC1CCCC1N1C(=O)C(C2CC2)NC(=O)C1C. The number of thioether (sulfide) groups is 1. The average Bonchev–Trinajstić information content (AvgIpc) is 3.13. The molecule has 3 rings (SSSR count). The number of rotatable bonds is 3. The predicted molar refractivity (Wildman–Crippen MR) is 75.9 cm³/mol. The van der Waals surface area contributed by atoms with E-state index in [9.17, 15) is 9.59 Å². The van der Waals surface area contributed by atoms with Gasteiger partial charge in [-0.15, -0.1) is 0 Å². The Morgan fingerprint density at radius 3 is 2.58 bits per heavy atom. The van der Waals surface area contributed by atoms with E-state index in [0.29, 0.717) is 11.2 Å². The topological polar surface area (TPSA) is 49.4 Å². The lowest BCUT2D eigenvalue weighted by molar-refractivity contribution is -0.151. The van der Waals surface area contributed by atoms with Crippen LogP contribution >= 0.6 is 11.8 Å². The highest BCUT2D eigenvalue weighted by Gasteiger charge is 2.49. The smallest absolute Gasteiger partial charge is 0.246 e. The Hall–Kier alpha value is -0.710. The molecular weight excluding hydrogens is 260 g/mol. The molecule has 0 aromatic heterocycles. The number of carbonyl (C=O) groups is 2. The first-order valence-corrected chi connectivity index (χ1v) is 8.57. The molecule has 0 radical (unpaired) electrons. The molecule has 2 aliphatic carbocycles. The minimum Gasteiger partial charge on any atom is -0.342 e. The summed E-state index contributed by atoms with van der Waals surface area (Å²) < 4.78 is 0. The molecule has 4 unspecified atom stereocenters. The maximum absolute atomic E-state index is 12.7. The van der Waals surface area contributed by atoms with E-state index in [0.717, 1.165) is 25.7 Å². The predicted octanol–water partition coefficient (Wildman–Crippen LogP) is 1.40. The molecule has 3 aliphatic rings. The second-order valence-electron chi connectivity index (χ2n) is 6.02. The van der Waals surface area contributed by atoms with Crippen molar-refractivity contribution in [1.29, 1.82) is 0 Å². The van der Waals surface area contributed by atoms with Crippen LogP contribution in [0.3, 0.4) is 0 Å². The molecule has 4 atom stereocenters. The molecule has 3 fully saturated rings. The van der Waals surface area contributed by atoms with E-state index >= 15 is 0 Å². The molecule has 19 heavy (non-hydrogen) atoms. The van der Waals surface area contributed by atoms with Gasteiger partial charge in [-0.25, -0.2) is 0 Å². The van der Waals surface area contributed by atoms with E-state index in [-0.39, 0.29) is 29.9 Å². The van der Waals surface area contributed by atoms with Gasteiger partial charge in [-0.3, -0.25) is 9.59 Å². The average molecular weight is 282 g/mol. The molecule has 2 amide bonds. The summed E-state index contributed by atoms with van der Waals surface area (Å²) in [5.74, 6) is 0.587. The Morgan fingerprint density at radius 1 is 1.21 bits per heavy atom. The second-order valence-corrected chi connectivity index (χ2v) is 7.09. The fourth-order valence-corrected chi connectivity index (χ4v) is 4.50. The molecule has 1 heterocycles. The number of hydrogen-bond donors (Lipinski definition) is 1. The standard InChI is InChI=1S/C14H22N2O2S/c1-8-13(17)15-12(9-6-7-9)14(18)16(8)10-4-3-5-11(10)19-2/h8-12H,3-7H2,1-2H3,(H,15,17). The first kappa shape index (κ1) is 13.3. The zero-order chi connectivity index (χ0) is 13.6. The molecule has 4 nitrogen and oxygen atoms in total. The first-order chi connectivity index (χ1) is 9.13. The molecule has 1 saturated heterocycles. The summed E-state index contributed by atoms with van der Waals surface area (Å²) in [6, 6.07) is -0.295. The van der Waals surface area contributed by atoms with Crippen molar-refractivity contribution in [2.24, 2.45) is 5.92 Å². The molecule has 2 saturated carbocycles. The van der Waals surface area contributed by atoms with Crippen LogP contribution in [0.25, 0.3) is 0 Å². The van der Waals surface area contributed by atoms with Gasteiger partial charge in [0.25, 0.3) is 0 Å². The zero-order valence-corrected chi connectivity index (χ0v) is 12.4. The molecule has 0 aromatic rings. The molecule has 5 heteroatoms. The Morgan fingerprint density at radius 2 is 1.95 bits per heavy atom. The van der Waals surface area contributed by atoms with Crippen LogP contribution < -0.4 is 5.32 Å². The number of amides is 2. The minimum atomic E-state index is -0.305. The van der Waals surface area contributed by atoms with Gasteiger partial charge in [-0.05, 0) is 44.8 Å². The highest BCUT2D eigenvalue weighted by atomic mass is 32.2. The molecule has 0 bridgehead atoms. The van der Waals surface area contributed by atoms with Gasteiger partial charge in [0.2, 0.25) is 11.8 Å². The van der Waals surface area contributed by atoms with Gasteiger partial charge in [0.05, 0.1) is 0 Å². The van der Waals surface area contributed by atoms with Gasteiger partial charge in [-0.2, -0.15) is 11.8 Å². The maximum atomic E-state index is 12.7. The lowest BCUT2D eigenvalue weighted by atomic mass is 10.0. The van der Waals surface area contributed by atoms with Gasteiger partial charge in [0.15, 0.2) is 0 Å².